The predicted octanol–water partition coefficient (Wildman–Crippen LogP) is 2.95. The third kappa shape index (κ3) is 4.24. The number of hydrogen-bond donors (Lipinski definition) is 0. The highest BCUT2D eigenvalue weighted by molar-refractivity contribution is 5.07. The summed E-state index contributed by atoms with van der Waals surface area (Å²) in [6.45, 7) is 8.15. The van der Waals surface area contributed by atoms with Crippen molar-refractivity contribution in [3.05, 3.63) is 42.1 Å². The van der Waals surface area contributed by atoms with Crippen molar-refractivity contribution in [1.82, 2.24) is 14.7 Å². The minimum absolute atomic E-state index is 0.876. The Morgan fingerprint density at radius 1 is 1.26 bits per heavy atom. The van der Waals surface area contributed by atoms with Crippen LogP contribution in [0.4, 0.5) is 0 Å². The summed E-state index contributed by atoms with van der Waals surface area (Å²) in [6, 6.07) is 6.15. The molecule has 0 aliphatic heterocycles. The van der Waals surface area contributed by atoms with Gasteiger partial charge in [0.2, 0.25) is 0 Å². The van der Waals surface area contributed by atoms with Gasteiger partial charge in [0.05, 0.1) is 13.1 Å². The van der Waals surface area contributed by atoms with E-state index in [1.54, 1.807) is 0 Å². The highest BCUT2D eigenvalue weighted by atomic mass is 16.3. The first-order chi connectivity index (χ1) is 9.31. The third-order valence-electron chi connectivity index (χ3n) is 3.24. The van der Waals surface area contributed by atoms with Crippen molar-refractivity contribution < 1.29 is 4.42 Å². The lowest BCUT2D eigenvalue weighted by molar-refractivity contribution is 0.240. The van der Waals surface area contributed by atoms with Gasteiger partial charge in [-0.2, -0.15) is 5.10 Å². The Balaban J connectivity index is 1.83. The van der Waals surface area contributed by atoms with Crippen molar-refractivity contribution in [2.45, 2.75) is 39.8 Å². The van der Waals surface area contributed by atoms with Crippen molar-refractivity contribution in [2.24, 2.45) is 0 Å². The van der Waals surface area contributed by atoms with E-state index >= 15 is 0 Å². The molecule has 0 unspecified atom stereocenters. The number of aromatic nitrogens is 2. The summed E-state index contributed by atoms with van der Waals surface area (Å²) in [5.41, 5.74) is 0. The molecule has 0 atom stereocenters. The summed E-state index contributed by atoms with van der Waals surface area (Å²) in [4.78, 5) is 2.37. The summed E-state index contributed by atoms with van der Waals surface area (Å²) in [5, 5.41) is 4.22. The van der Waals surface area contributed by atoms with Gasteiger partial charge in [-0.25, -0.2) is 0 Å². The molecule has 0 aromatic carbocycles. The highest BCUT2D eigenvalue weighted by Crippen LogP contribution is 2.12. The van der Waals surface area contributed by atoms with Crippen molar-refractivity contribution in [3.63, 3.8) is 0 Å². The molecule has 2 aromatic rings. The second-order valence-corrected chi connectivity index (χ2v) is 4.76. The molecular formula is C15H23N3O. The Hall–Kier alpha value is -1.55. The average Bonchev–Trinajstić information content (AvgIpc) is 3.06. The number of likely N-dealkylation sites (N-methyl/N-ethyl adjacent to an activating group) is 1. The quantitative estimate of drug-likeness (QED) is 0.732. The van der Waals surface area contributed by atoms with Crippen molar-refractivity contribution >= 4 is 0 Å². The monoisotopic (exact) mass is 261 g/mol. The second-order valence-electron chi connectivity index (χ2n) is 4.76. The van der Waals surface area contributed by atoms with E-state index in [4.69, 9.17) is 4.42 Å². The van der Waals surface area contributed by atoms with Crippen molar-refractivity contribution in [2.75, 3.05) is 13.1 Å². The summed E-state index contributed by atoms with van der Waals surface area (Å²) < 4.78 is 7.79. The van der Waals surface area contributed by atoms with E-state index in [0.717, 1.165) is 50.5 Å². The van der Waals surface area contributed by atoms with Crippen molar-refractivity contribution in [3.8, 4) is 0 Å². The number of hydrogen-bond acceptors (Lipinski definition) is 3. The number of rotatable bonds is 8. The molecule has 0 saturated carbocycles. The third-order valence-corrected chi connectivity index (χ3v) is 3.24. The summed E-state index contributed by atoms with van der Waals surface area (Å²) in [5.74, 6) is 2.16. The fourth-order valence-corrected chi connectivity index (χ4v) is 2.13. The molecule has 0 amide bonds. The lowest BCUT2D eigenvalue weighted by atomic mass is 10.3. The average molecular weight is 261 g/mol. The van der Waals surface area contributed by atoms with Crippen LogP contribution in [0.2, 0.25) is 0 Å². The zero-order valence-corrected chi connectivity index (χ0v) is 11.9. The Labute approximate surface area is 115 Å². The van der Waals surface area contributed by atoms with Crippen LogP contribution in [0.5, 0.6) is 0 Å². The number of nitrogens with zero attached hydrogens (tertiary/aromatic N) is 3. The zero-order chi connectivity index (χ0) is 13.5. The molecule has 0 saturated heterocycles. The van der Waals surface area contributed by atoms with Crippen LogP contribution in [0.15, 0.2) is 35.0 Å². The van der Waals surface area contributed by atoms with Crippen LogP contribution in [0.3, 0.4) is 0 Å². The standard InChI is InChI=1S/C15H23N3O/c1-3-6-14-7-8-15(19-14)13-17(4-2)11-12-18-10-5-9-16-18/h5,7-10H,3-4,6,11-13H2,1-2H3. The molecule has 2 rings (SSSR count). The van der Waals surface area contributed by atoms with Gasteiger partial charge in [-0.1, -0.05) is 13.8 Å². The zero-order valence-electron chi connectivity index (χ0n) is 11.9. The van der Waals surface area contributed by atoms with Crippen molar-refractivity contribution in [1.29, 1.82) is 0 Å². The number of aryl methyl sites for hydroxylation is 1. The van der Waals surface area contributed by atoms with Crippen LogP contribution in [0, 0.1) is 0 Å². The fourth-order valence-electron chi connectivity index (χ4n) is 2.13. The topological polar surface area (TPSA) is 34.2 Å². The van der Waals surface area contributed by atoms with Gasteiger partial charge < -0.3 is 4.42 Å². The molecule has 4 heteroatoms. The van der Waals surface area contributed by atoms with Gasteiger partial charge in [0.25, 0.3) is 0 Å². The molecular weight excluding hydrogens is 238 g/mol. The van der Waals surface area contributed by atoms with Crippen LogP contribution in [-0.2, 0) is 19.5 Å². The summed E-state index contributed by atoms with van der Waals surface area (Å²) in [6.07, 6.45) is 5.98. The molecule has 0 spiro atoms. The first-order valence-corrected chi connectivity index (χ1v) is 7.09. The molecule has 2 heterocycles. The van der Waals surface area contributed by atoms with Gasteiger partial charge in [0.15, 0.2) is 0 Å². The second kappa shape index (κ2) is 7.14. The SMILES string of the molecule is CCCc1ccc(CN(CC)CCn2cccn2)o1. The van der Waals surface area contributed by atoms with Gasteiger partial charge in [-0.15, -0.1) is 0 Å². The van der Waals surface area contributed by atoms with Gasteiger partial charge >= 0.3 is 0 Å². The van der Waals surface area contributed by atoms with Gasteiger partial charge in [0, 0.05) is 25.4 Å². The lowest BCUT2D eigenvalue weighted by Crippen LogP contribution is -2.26. The minimum Gasteiger partial charge on any atom is -0.465 e. The Morgan fingerprint density at radius 3 is 2.79 bits per heavy atom. The molecule has 0 bridgehead atoms. The lowest BCUT2D eigenvalue weighted by Gasteiger charge is -2.18. The molecule has 104 valence electrons. The summed E-state index contributed by atoms with van der Waals surface area (Å²) >= 11 is 0. The Bertz CT molecular complexity index is 461. The maximum absolute atomic E-state index is 5.83. The van der Waals surface area contributed by atoms with Gasteiger partial charge in [-0.05, 0) is 31.2 Å². The van der Waals surface area contributed by atoms with Crippen LogP contribution in [0.1, 0.15) is 31.8 Å². The normalized spacial score (nSPS) is 11.3. The molecule has 4 nitrogen and oxygen atoms in total. The first-order valence-electron chi connectivity index (χ1n) is 7.09. The maximum Gasteiger partial charge on any atom is 0.118 e. The highest BCUT2D eigenvalue weighted by Gasteiger charge is 2.07. The van der Waals surface area contributed by atoms with E-state index in [-0.39, 0.29) is 0 Å². The van der Waals surface area contributed by atoms with E-state index in [1.165, 1.54) is 0 Å². The van der Waals surface area contributed by atoms with E-state index < -0.39 is 0 Å². The van der Waals surface area contributed by atoms with E-state index in [9.17, 15) is 0 Å². The molecule has 0 N–H and O–H groups in total. The predicted molar refractivity (Wildman–Crippen MR) is 75.9 cm³/mol. The van der Waals surface area contributed by atoms with Gasteiger partial charge in [-0.3, -0.25) is 9.58 Å². The van der Waals surface area contributed by atoms with Gasteiger partial charge in [0.1, 0.15) is 11.5 Å². The molecule has 0 aliphatic rings. The summed E-state index contributed by atoms with van der Waals surface area (Å²) in [7, 11) is 0. The Morgan fingerprint density at radius 2 is 2.11 bits per heavy atom. The Kier molecular flexibility index (Phi) is 5.21. The molecule has 0 fully saturated rings. The maximum atomic E-state index is 5.83. The van der Waals surface area contributed by atoms with Crippen LogP contribution >= 0.6 is 0 Å². The van der Waals surface area contributed by atoms with Crippen LogP contribution < -0.4 is 0 Å². The smallest absolute Gasteiger partial charge is 0.118 e. The number of furan rings is 1. The van der Waals surface area contributed by atoms with Crippen LogP contribution in [-0.4, -0.2) is 27.8 Å². The fraction of sp³-hybridized carbons (Fsp3) is 0.533. The first kappa shape index (κ1) is 13.9. The molecule has 0 radical (unpaired) electrons. The van der Waals surface area contributed by atoms with E-state index in [2.05, 4.69) is 36.0 Å². The molecule has 19 heavy (non-hydrogen) atoms. The van der Waals surface area contributed by atoms with E-state index in [0.29, 0.717) is 0 Å². The van der Waals surface area contributed by atoms with E-state index in [1.807, 2.05) is 23.1 Å². The molecule has 2 aromatic heterocycles. The van der Waals surface area contributed by atoms with Crippen LogP contribution in [0.25, 0.3) is 0 Å². The minimum atomic E-state index is 0.876. The largest absolute Gasteiger partial charge is 0.465 e. The molecule has 0 aliphatic carbocycles.